The molecule has 1 saturated heterocycles. The fraction of sp³-hybridized carbons (Fsp3) is 0.300. The quantitative estimate of drug-likeness (QED) is 0.121. The summed E-state index contributed by atoms with van der Waals surface area (Å²) >= 11 is 0. The standard InChI is InChI=1S/C30H30O12/c31-14-24-26(37)29(42-25(36)9-6-15-4-2-1-3-5-15)27(38)30(41-24)40-23-13-18-20(34)11-17(32)12-22(18)39-28(23)16-7-8-19(33)21(35)10-16/h1-12,23-24,26-35,37-38H,13-14H2/b9-6+/t23?,24-,26-,27-,28?,29-,30-/m1/s1. The lowest BCUT2D eigenvalue weighted by Crippen LogP contribution is -2.61. The summed E-state index contributed by atoms with van der Waals surface area (Å²) < 4.78 is 23.1. The molecule has 0 radical (unpaired) electrons. The Morgan fingerprint density at radius 2 is 1.69 bits per heavy atom. The fourth-order valence-corrected chi connectivity index (χ4v) is 4.95. The number of rotatable bonds is 7. The molecular weight excluding hydrogens is 552 g/mol. The molecule has 5 rings (SSSR count). The van der Waals surface area contributed by atoms with Crippen molar-refractivity contribution < 1.29 is 59.5 Å². The molecule has 12 heteroatoms. The van der Waals surface area contributed by atoms with Crippen molar-refractivity contribution in [3.63, 3.8) is 0 Å². The average Bonchev–Trinajstić information content (AvgIpc) is 2.97. The maximum atomic E-state index is 12.6. The van der Waals surface area contributed by atoms with Gasteiger partial charge in [0.1, 0.15) is 41.7 Å². The van der Waals surface area contributed by atoms with Crippen molar-refractivity contribution in [2.75, 3.05) is 6.61 Å². The van der Waals surface area contributed by atoms with Gasteiger partial charge in [0, 0.05) is 30.2 Å². The normalized spacial score (nSPS) is 27.3. The number of esters is 1. The number of aromatic hydroxyl groups is 4. The summed E-state index contributed by atoms with van der Waals surface area (Å²) in [5.74, 6) is -2.08. The van der Waals surface area contributed by atoms with Crippen molar-refractivity contribution in [1.82, 2.24) is 0 Å². The van der Waals surface area contributed by atoms with E-state index in [1.165, 1.54) is 30.3 Å². The molecule has 0 bridgehead atoms. The van der Waals surface area contributed by atoms with E-state index in [2.05, 4.69) is 0 Å². The second kappa shape index (κ2) is 12.3. The molecule has 222 valence electrons. The number of benzene rings is 3. The summed E-state index contributed by atoms with van der Waals surface area (Å²) in [4.78, 5) is 12.6. The third-order valence-electron chi connectivity index (χ3n) is 7.09. The molecular formula is C30H30O12. The van der Waals surface area contributed by atoms with Gasteiger partial charge in [0.05, 0.1) is 6.61 Å². The number of ether oxygens (including phenoxy) is 4. The molecule has 7 N–H and O–H groups in total. The summed E-state index contributed by atoms with van der Waals surface area (Å²) in [6, 6.07) is 15.3. The predicted molar refractivity (Wildman–Crippen MR) is 145 cm³/mol. The lowest BCUT2D eigenvalue weighted by Gasteiger charge is -2.43. The van der Waals surface area contributed by atoms with Gasteiger partial charge in [0.15, 0.2) is 30.0 Å². The highest BCUT2D eigenvalue weighted by Gasteiger charge is 2.49. The Labute approximate surface area is 239 Å². The van der Waals surface area contributed by atoms with Gasteiger partial charge in [0.2, 0.25) is 0 Å². The number of hydrogen-bond donors (Lipinski definition) is 7. The molecule has 1 fully saturated rings. The van der Waals surface area contributed by atoms with Crippen LogP contribution in [0.15, 0.2) is 66.7 Å². The molecule has 42 heavy (non-hydrogen) atoms. The number of carbonyl (C=O) groups is 1. The van der Waals surface area contributed by atoms with Crippen molar-refractivity contribution in [3.05, 3.63) is 83.4 Å². The first kappa shape index (κ1) is 29.2. The average molecular weight is 583 g/mol. The van der Waals surface area contributed by atoms with Crippen LogP contribution < -0.4 is 4.74 Å². The van der Waals surface area contributed by atoms with Gasteiger partial charge in [0.25, 0.3) is 0 Å². The third kappa shape index (κ3) is 6.12. The summed E-state index contributed by atoms with van der Waals surface area (Å²) in [6.45, 7) is -0.693. The Bertz CT molecular complexity index is 1440. The van der Waals surface area contributed by atoms with E-state index in [0.29, 0.717) is 5.56 Å². The molecule has 7 atom stereocenters. The molecule has 2 aliphatic rings. The monoisotopic (exact) mass is 582 g/mol. The number of aliphatic hydroxyl groups is 3. The zero-order valence-electron chi connectivity index (χ0n) is 22.1. The number of phenolic OH excluding ortho intramolecular Hbond substituents is 4. The third-order valence-corrected chi connectivity index (χ3v) is 7.09. The second-order valence-electron chi connectivity index (χ2n) is 9.96. The topological polar surface area (TPSA) is 196 Å². The van der Waals surface area contributed by atoms with Gasteiger partial charge in [-0.05, 0) is 29.3 Å². The number of aliphatic hydroxyl groups excluding tert-OH is 3. The fourth-order valence-electron chi connectivity index (χ4n) is 4.95. The summed E-state index contributed by atoms with van der Waals surface area (Å²) in [7, 11) is 0. The molecule has 3 aromatic rings. The molecule has 0 aliphatic carbocycles. The van der Waals surface area contributed by atoms with Crippen LogP contribution in [0.25, 0.3) is 6.08 Å². The lowest BCUT2D eigenvalue weighted by molar-refractivity contribution is -0.318. The van der Waals surface area contributed by atoms with Crippen LogP contribution in [0.4, 0.5) is 0 Å². The van der Waals surface area contributed by atoms with Crippen LogP contribution in [0.2, 0.25) is 0 Å². The van der Waals surface area contributed by atoms with Gasteiger partial charge in [-0.2, -0.15) is 0 Å². The summed E-state index contributed by atoms with van der Waals surface area (Å²) in [6.07, 6.45) is -7.17. The van der Waals surface area contributed by atoms with Crippen LogP contribution in [0.1, 0.15) is 22.8 Å². The minimum atomic E-state index is -1.72. The summed E-state index contributed by atoms with van der Waals surface area (Å²) in [5, 5.41) is 72.0. The van der Waals surface area contributed by atoms with Crippen LogP contribution in [0, 0.1) is 0 Å². The number of hydrogen-bond acceptors (Lipinski definition) is 12. The van der Waals surface area contributed by atoms with Crippen molar-refractivity contribution in [2.45, 2.75) is 49.3 Å². The van der Waals surface area contributed by atoms with Gasteiger partial charge in [-0.15, -0.1) is 0 Å². The SMILES string of the molecule is O=C(/C=C/c1ccccc1)O[C@H]1[C@@H](O)[C@H](OC2Cc3c(O)cc(O)cc3OC2c2ccc(O)c(O)c2)O[C@H](CO)[C@H]1O. The molecule has 3 aromatic carbocycles. The first-order chi connectivity index (χ1) is 20.1. The Kier molecular flexibility index (Phi) is 8.52. The van der Waals surface area contributed by atoms with E-state index < -0.39 is 61.2 Å². The minimum Gasteiger partial charge on any atom is -0.508 e. The van der Waals surface area contributed by atoms with Gasteiger partial charge >= 0.3 is 5.97 Å². The van der Waals surface area contributed by atoms with Crippen molar-refractivity contribution >= 4 is 12.0 Å². The maximum absolute atomic E-state index is 12.6. The van der Waals surface area contributed by atoms with Crippen molar-refractivity contribution in [2.24, 2.45) is 0 Å². The van der Waals surface area contributed by atoms with Crippen LogP contribution in [0.3, 0.4) is 0 Å². The zero-order chi connectivity index (χ0) is 30.0. The van der Waals surface area contributed by atoms with E-state index in [-0.39, 0.29) is 35.0 Å². The van der Waals surface area contributed by atoms with Crippen molar-refractivity contribution in [1.29, 1.82) is 0 Å². The largest absolute Gasteiger partial charge is 0.508 e. The van der Waals surface area contributed by atoms with E-state index in [0.717, 1.165) is 17.7 Å². The van der Waals surface area contributed by atoms with Crippen LogP contribution >= 0.6 is 0 Å². The van der Waals surface area contributed by atoms with E-state index in [1.807, 2.05) is 6.07 Å². The highest BCUT2D eigenvalue weighted by molar-refractivity contribution is 5.87. The van der Waals surface area contributed by atoms with Crippen LogP contribution in [-0.4, -0.2) is 85.1 Å². The Morgan fingerprint density at radius 1 is 0.929 bits per heavy atom. The van der Waals surface area contributed by atoms with E-state index in [9.17, 15) is 40.5 Å². The smallest absolute Gasteiger partial charge is 0.331 e. The Morgan fingerprint density at radius 3 is 2.40 bits per heavy atom. The molecule has 2 unspecified atom stereocenters. The van der Waals surface area contributed by atoms with Gasteiger partial charge < -0.3 is 54.7 Å². The molecule has 0 spiro atoms. The molecule has 0 aromatic heterocycles. The Balaban J connectivity index is 1.40. The number of carbonyl (C=O) groups excluding carboxylic acids is 1. The van der Waals surface area contributed by atoms with Gasteiger partial charge in [-0.3, -0.25) is 0 Å². The van der Waals surface area contributed by atoms with E-state index >= 15 is 0 Å². The minimum absolute atomic E-state index is 0.0308. The highest BCUT2D eigenvalue weighted by atomic mass is 16.7. The lowest BCUT2D eigenvalue weighted by atomic mass is 9.93. The first-order valence-electron chi connectivity index (χ1n) is 13.1. The molecule has 2 heterocycles. The predicted octanol–water partition coefficient (Wildman–Crippen LogP) is 1.63. The first-order valence-corrected chi connectivity index (χ1v) is 13.1. The molecule has 2 aliphatic heterocycles. The molecule has 0 saturated carbocycles. The van der Waals surface area contributed by atoms with E-state index in [4.69, 9.17) is 18.9 Å². The Hall–Kier alpha value is -4.33. The van der Waals surface area contributed by atoms with Crippen molar-refractivity contribution in [3.8, 4) is 28.7 Å². The number of fused-ring (bicyclic) bond motifs is 1. The summed E-state index contributed by atoms with van der Waals surface area (Å²) in [5.41, 5.74) is 1.33. The van der Waals surface area contributed by atoms with Crippen LogP contribution in [-0.2, 0) is 25.4 Å². The zero-order valence-corrected chi connectivity index (χ0v) is 22.1. The highest BCUT2D eigenvalue weighted by Crippen LogP contribution is 2.44. The molecule has 0 amide bonds. The van der Waals surface area contributed by atoms with E-state index in [1.54, 1.807) is 24.3 Å². The van der Waals surface area contributed by atoms with Crippen LogP contribution in [0.5, 0.6) is 28.7 Å². The van der Waals surface area contributed by atoms with Gasteiger partial charge in [-0.25, -0.2) is 4.79 Å². The molecule has 12 nitrogen and oxygen atoms in total. The number of phenols is 4. The van der Waals surface area contributed by atoms with Gasteiger partial charge in [-0.1, -0.05) is 36.4 Å². The maximum Gasteiger partial charge on any atom is 0.331 e. The second-order valence-corrected chi connectivity index (χ2v) is 9.96.